The highest BCUT2D eigenvalue weighted by molar-refractivity contribution is 5.75. The molecule has 0 aromatic heterocycles. The van der Waals surface area contributed by atoms with E-state index in [-0.39, 0.29) is 5.75 Å². The molecule has 1 unspecified atom stereocenters. The van der Waals surface area contributed by atoms with Crippen LogP contribution in [0.5, 0.6) is 5.75 Å². The molecule has 0 spiro atoms. The van der Waals surface area contributed by atoms with Gasteiger partial charge in [0.25, 0.3) is 0 Å². The quantitative estimate of drug-likeness (QED) is 0.751. The van der Waals surface area contributed by atoms with Crippen molar-refractivity contribution in [3.8, 4) is 5.75 Å². The van der Waals surface area contributed by atoms with E-state index in [9.17, 15) is 9.90 Å². The van der Waals surface area contributed by atoms with Crippen molar-refractivity contribution in [2.75, 3.05) is 6.61 Å². The maximum atomic E-state index is 11.3. The summed E-state index contributed by atoms with van der Waals surface area (Å²) in [6.07, 6.45) is 0.417. The van der Waals surface area contributed by atoms with Gasteiger partial charge in [0.15, 0.2) is 0 Å². The number of carbonyl (C=O) groups is 1. The summed E-state index contributed by atoms with van der Waals surface area (Å²) in [7, 11) is 0. The summed E-state index contributed by atoms with van der Waals surface area (Å²) in [5.41, 5.74) is 7.37. The Morgan fingerprint density at radius 2 is 2.25 bits per heavy atom. The van der Waals surface area contributed by atoms with Crippen molar-refractivity contribution < 1.29 is 14.6 Å². The fourth-order valence-corrected chi connectivity index (χ4v) is 1.43. The molecule has 4 heteroatoms. The monoisotopic (exact) mass is 223 g/mol. The highest BCUT2D eigenvalue weighted by atomic mass is 16.5. The van der Waals surface area contributed by atoms with Crippen LogP contribution in [0.15, 0.2) is 18.2 Å². The minimum Gasteiger partial charge on any atom is -0.508 e. The van der Waals surface area contributed by atoms with Crippen molar-refractivity contribution in [3.63, 3.8) is 0 Å². The van der Waals surface area contributed by atoms with Crippen molar-refractivity contribution >= 4 is 5.97 Å². The Labute approximate surface area is 95.0 Å². The molecule has 0 amide bonds. The molecule has 0 bridgehead atoms. The van der Waals surface area contributed by atoms with Crippen molar-refractivity contribution in [2.24, 2.45) is 5.73 Å². The second kappa shape index (κ2) is 5.51. The van der Waals surface area contributed by atoms with Crippen LogP contribution in [-0.4, -0.2) is 23.7 Å². The van der Waals surface area contributed by atoms with Gasteiger partial charge < -0.3 is 15.6 Å². The van der Waals surface area contributed by atoms with E-state index in [1.807, 2.05) is 6.07 Å². The summed E-state index contributed by atoms with van der Waals surface area (Å²) >= 11 is 0. The lowest BCUT2D eigenvalue weighted by molar-refractivity contribution is -0.144. The minimum atomic E-state index is -0.649. The molecule has 0 heterocycles. The molecule has 4 nitrogen and oxygen atoms in total. The standard InChI is InChI=1S/C12H17NO3/c1-3-16-12(15)10(13)7-9-4-5-11(14)8(2)6-9/h4-6,10,14H,3,7,13H2,1-2H3. The van der Waals surface area contributed by atoms with Gasteiger partial charge in [0.2, 0.25) is 0 Å². The third kappa shape index (κ3) is 3.24. The van der Waals surface area contributed by atoms with E-state index < -0.39 is 12.0 Å². The number of benzene rings is 1. The number of phenolic OH excluding ortho intramolecular Hbond substituents is 1. The fourth-order valence-electron chi connectivity index (χ4n) is 1.43. The number of aromatic hydroxyl groups is 1. The van der Waals surface area contributed by atoms with Crippen LogP contribution in [-0.2, 0) is 16.0 Å². The van der Waals surface area contributed by atoms with Gasteiger partial charge in [-0.15, -0.1) is 0 Å². The molecule has 0 fully saturated rings. The molecule has 0 aliphatic carbocycles. The van der Waals surface area contributed by atoms with E-state index in [0.717, 1.165) is 11.1 Å². The van der Waals surface area contributed by atoms with Gasteiger partial charge in [0.05, 0.1) is 6.61 Å². The van der Waals surface area contributed by atoms with Gasteiger partial charge in [-0.2, -0.15) is 0 Å². The zero-order valence-corrected chi connectivity index (χ0v) is 9.56. The van der Waals surface area contributed by atoms with Crippen LogP contribution in [0.1, 0.15) is 18.1 Å². The molecule has 1 aromatic carbocycles. The molecule has 88 valence electrons. The zero-order chi connectivity index (χ0) is 12.1. The maximum Gasteiger partial charge on any atom is 0.323 e. The summed E-state index contributed by atoms with van der Waals surface area (Å²) in [6, 6.07) is 4.52. The molecule has 1 rings (SSSR count). The van der Waals surface area contributed by atoms with E-state index in [1.165, 1.54) is 0 Å². The lowest BCUT2D eigenvalue weighted by atomic mass is 10.0. The Kier molecular flexibility index (Phi) is 4.31. The maximum absolute atomic E-state index is 11.3. The van der Waals surface area contributed by atoms with E-state index in [2.05, 4.69) is 0 Å². The highest BCUT2D eigenvalue weighted by Gasteiger charge is 2.15. The molecule has 16 heavy (non-hydrogen) atoms. The van der Waals surface area contributed by atoms with Gasteiger partial charge >= 0.3 is 5.97 Å². The third-order valence-corrected chi connectivity index (χ3v) is 2.31. The number of hydrogen-bond donors (Lipinski definition) is 2. The first-order valence-electron chi connectivity index (χ1n) is 5.25. The Morgan fingerprint density at radius 1 is 1.56 bits per heavy atom. The van der Waals surface area contributed by atoms with E-state index in [4.69, 9.17) is 10.5 Å². The topological polar surface area (TPSA) is 72.5 Å². The van der Waals surface area contributed by atoms with Gasteiger partial charge in [-0.25, -0.2) is 0 Å². The number of carbonyl (C=O) groups excluding carboxylic acids is 1. The van der Waals surface area contributed by atoms with Gasteiger partial charge in [-0.1, -0.05) is 12.1 Å². The van der Waals surface area contributed by atoms with Crippen molar-refractivity contribution in [3.05, 3.63) is 29.3 Å². The molecule has 0 saturated heterocycles. The van der Waals surface area contributed by atoms with Crippen LogP contribution in [0.25, 0.3) is 0 Å². The first-order chi connectivity index (χ1) is 7.54. The smallest absolute Gasteiger partial charge is 0.323 e. The first kappa shape index (κ1) is 12.5. The Morgan fingerprint density at radius 3 is 2.81 bits per heavy atom. The second-order valence-electron chi connectivity index (χ2n) is 3.68. The number of ether oxygens (including phenoxy) is 1. The molecule has 0 aliphatic rings. The Balaban J connectivity index is 2.66. The van der Waals surface area contributed by atoms with Crippen LogP contribution in [0, 0.1) is 6.92 Å². The van der Waals surface area contributed by atoms with Crippen LogP contribution in [0.3, 0.4) is 0 Å². The summed E-state index contributed by atoms with van der Waals surface area (Å²) in [6.45, 7) is 3.88. The molecule has 3 N–H and O–H groups in total. The van der Waals surface area contributed by atoms with Gasteiger partial charge in [0.1, 0.15) is 11.8 Å². The fraction of sp³-hybridized carbons (Fsp3) is 0.417. The van der Waals surface area contributed by atoms with Crippen molar-refractivity contribution in [1.82, 2.24) is 0 Å². The number of nitrogens with two attached hydrogens (primary N) is 1. The van der Waals surface area contributed by atoms with Crippen molar-refractivity contribution in [2.45, 2.75) is 26.3 Å². The number of aryl methyl sites for hydroxylation is 1. The number of phenols is 1. The van der Waals surface area contributed by atoms with Crippen LogP contribution in [0.2, 0.25) is 0 Å². The molecular formula is C12H17NO3. The van der Waals surface area contributed by atoms with E-state index in [0.29, 0.717) is 13.0 Å². The number of rotatable bonds is 4. The number of hydrogen-bond acceptors (Lipinski definition) is 4. The predicted octanol–water partition coefficient (Wildman–Crippen LogP) is 1.13. The Hall–Kier alpha value is -1.55. The average Bonchev–Trinajstić information content (AvgIpc) is 2.24. The molecule has 0 radical (unpaired) electrons. The largest absolute Gasteiger partial charge is 0.508 e. The molecular weight excluding hydrogens is 206 g/mol. The molecule has 1 atom stereocenters. The first-order valence-corrected chi connectivity index (χ1v) is 5.25. The minimum absolute atomic E-state index is 0.244. The van der Waals surface area contributed by atoms with Gasteiger partial charge in [-0.05, 0) is 37.5 Å². The van der Waals surface area contributed by atoms with E-state index in [1.54, 1.807) is 26.0 Å². The van der Waals surface area contributed by atoms with Crippen molar-refractivity contribution in [1.29, 1.82) is 0 Å². The van der Waals surface area contributed by atoms with Gasteiger partial charge in [0, 0.05) is 0 Å². The van der Waals surface area contributed by atoms with Crippen LogP contribution >= 0.6 is 0 Å². The van der Waals surface area contributed by atoms with Crippen LogP contribution < -0.4 is 5.73 Å². The predicted molar refractivity (Wildman–Crippen MR) is 61.2 cm³/mol. The highest BCUT2D eigenvalue weighted by Crippen LogP contribution is 2.17. The summed E-state index contributed by atoms with van der Waals surface area (Å²) in [5.74, 6) is -0.151. The third-order valence-electron chi connectivity index (χ3n) is 2.31. The average molecular weight is 223 g/mol. The summed E-state index contributed by atoms with van der Waals surface area (Å²) in [4.78, 5) is 11.3. The number of esters is 1. The van der Waals surface area contributed by atoms with E-state index >= 15 is 0 Å². The summed E-state index contributed by atoms with van der Waals surface area (Å²) < 4.78 is 4.82. The lowest BCUT2D eigenvalue weighted by Gasteiger charge is -2.11. The normalized spacial score (nSPS) is 12.2. The van der Waals surface area contributed by atoms with Crippen LogP contribution in [0.4, 0.5) is 0 Å². The second-order valence-corrected chi connectivity index (χ2v) is 3.68. The summed E-state index contributed by atoms with van der Waals surface area (Å²) in [5, 5.41) is 9.35. The molecule has 0 saturated carbocycles. The molecule has 0 aliphatic heterocycles. The molecule has 1 aromatic rings. The zero-order valence-electron chi connectivity index (χ0n) is 9.56. The Bertz CT molecular complexity index is 377. The lowest BCUT2D eigenvalue weighted by Crippen LogP contribution is -2.34. The SMILES string of the molecule is CCOC(=O)C(N)Cc1ccc(O)c(C)c1. The van der Waals surface area contributed by atoms with Gasteiger partial charge in [-0.3, -0.25) is 4.79 Å².